The Morgan fingerprint density at radius 3 is 3.05 bits per heavy atom. The molecule has 1 amide bonds. The van der Waals surface area contributed by atoms with Gasteiger partial charge in [0.2, 0.25) is 5.91 Å². The smallest absolute Gasteiger partial charge is 0.241 e. The summed E-state index contributed by atoms with van der Waals surface area (Å²) in [6.07, 6.45) is 2.00. The number of amides is 1. The van der Waals surface area contributed by atoms with Gasteiger partial charge in [-0.25, -0.2) is 0 Å². The summed E-state index contributed by atoms with van der Waals surface area (Å²) < 4.78 is 1.64. The van der Waals surface area contributed by atoms with E-state index in [0.29, 0.717) is 11.7 Å². The first-order chi connectivity index (χ1) is 10.6. The molecule has 2 unspecified atom stereocenters. The summed E-state index contributed by atoms with van der Waals surface area (Å²) in [5.41, 5.74) is 1.57. The molecule has 3 rings (SSSR count). The standard InChI is InChI=1S/C15H20N6O/c1-10-6-7-16-14(8-10)15(22)17-12-4-3-5-13(9-12)21-11(2)18-19-20-21/h3-5,9-10,14,16H,6-8H2,1-2H3,(H,17,22). The molecular weight excluding hydrogens is 280 g/mol. The van der Waals surface area contributed by atoms with Gasteiger partial charge in [-0.3, -0.25) is 4.79 Å². The van der Waals surface area contributed by atoms with E-state index in [0.717, 1.165) is 30.8 Å². The summed E-state index contributed by atoms with van der Waals surface area (Å²) in [6, 6.07) is 7.39. The molecule has 2 heterocycles. The molecule has 2 atom stereocenters. The fourth-order valence-electron chi connectivity index (χ4n) is 2.72. The maximum Gasteiger partial charge on any atom is 0.241 e. The van der Waals surface area contributed by atoms with Crippen LogP contribution in [-0.2, 0) is 4.79 Å². The first-order valence-corrected chi connectivity index (χ1v) is 7.53. The molecule has 1 aromatic heterocycles. The number of nitrogens with one attached hydrogen (secondary N) is 2. The first kappa shape index (κ1) is 14.6. The lowest BCUT2D eigenvalue weighted by Crippen LogP contribution is -2.45. The molecule has 0 saturated carbocycles. The van der Waals surface area contributed by atoms with Crippen molar-refractivity contribution in [1.29, 1.82) is 0 Å². The Morgan fingerprint density at radius 1 is 1.45 bits per heavy atom. The van der Waals surface area contributed by atoms with E-state index >= 15 is 0 Å². The fraction of sp³-hybridized carbons (Fsp3) is 0.467. The van der Waals surface area contributed by atoms with Gasteiger partial charge in [0.1, 0.15) is 0 Å². The summed E-state index contributed by atoms with van der Waals surface area (Å²) in [4.78, 5) is 12.4. The van der Waals surface area contributed by atoms with Crippen LogP contribution >= 0.6 is 0 Å². The van der Waals surface area contributed by atoms with Crippen molar-refractivity contribution in [3.63, 3.8) is 0 Å². The van der Waals surface area contributed by atoms with Crippen LogP contribution in [0.15, 0.2) is 24.3 Å². The number of nitrogens with zero attached hydrogens (tertiary/aromatic N) is 4. The van der Waals surface area contributed by atoms with Gasteiger partial charge in [0.15, 0.2) is 5.82 Å². The van der Waals surface area contributed by atoms with Crippen molar-refractivity contribution >= 4 is 11.6 Å². The molecule has 1 aromatic carbocycles. The van der Waals surface area contributed by atoms with Gasteiger partial charge in [-0.1, -0.05) is 13.0 Å². The topological polar surface area (TPSA) is 84.7 Å². The molecule has 0 bridgehead atoms. The normalized spacial score (nSPS) is 21.5. The van der Waals surface area contributed by atoms with Crippen LogP contribution in [0.5, 0.6) is 0 Å². The highest BCUT2D eigenvalue weighted by Crippen LogP contribution is 2.18. The Balaban J connectivity index is 1.73. The molecule has 1 aliphatic rings. The Labute approximate surface area is 129 Å². The largest absolute Gasteiger partial charge is 0.325 e. The number of anilines is 1. The van der Waals surface area contributed by atoms with Gasteiger partial charge in [0, 0.05) is 5.69 Å². The van der Waals surface area contributed by atoms with Crippen molar-refractivity contribution in [2.24, 2.45) is 5.92 Å². The zero-order valence-corrected chi connectivity index (χ0v) is 12.8. The number of benzene rings is 1. The number of hydrogen-bond acceptors (Lipinski definition) is 5. The summed E-state index contributed by atoms with van der Waals surface area (Å²) in [5.74, 6) is 1.29. The number of hydrogen-bond donors (Lipinski definition) is 2. The zero-order chi connectivity index (χ0) is 15.5. The number of rotatable bonds is 3. The van der Waals surface area contributed by atoms with E-state index in [4.69, 9.17) is 0 Å². The lowest BCUT2D eigenvalue weighted by molar-refractivity contribution is -0.119. The quantitative estimate of drug-likeness (QED) is 0.892. The van der Waals surface area contributed by atoms with E-state index in [-0.39, 0.29) is 11.9 Å². The Kier molecular flexibility index (Phi) is 4.15. The third-order valence-corrected chi connectivity index (χ3v) is 3.97. The second-order valence-corrected chi connectivity index (χ2v) is 5.81. The van der Waals surface area contributed by atoms with E-state index in [9.17, 15) is 4.79 Å². The highest BCUT2D eigenvalue weighted by Gasteiger charge is 2.24. The predicted molar refractivity (Wildman–Crippen MR) is 82.7 cm³/mol. The van der Waals surface area contributed by atoms with E-state index in [2.05, 4.69) is 33.1 Å². The molecule has 0 aliphatic carbocycles. The van der Waals surface area contributed by atoms with Gasteiger partial charge in [0.05, 0.1) is 11.7 Å². The second kappa shape index (κ2) is 6.23. The average molecular weight is 300 g/mol. The average Bonchev–Trinajstić information content (AvgIpc) is 2.94. The maximum absolute atomic E-state index is 12.4. The molecule has 7 heteroatoms. The van der Waals surface area contributed by atoms with Crippen molar-refractivity contribution in [3.05, 3.63) is 30.1 Å². The first-order valence-electron chi connectivity index (χ1n) is 7.53. The SMILES string of the molecule is Cc1nnnn1-c1cccc(NC(=O)C2CC(C)CCN2)c1. The Bertz CT molecular complexity index is 668. The van der Waals surface area contributed by atoms with Crippen LogP contribution in [0.2, 0.25) is 0 Å². The monoisotopic (exact) mass is 300 g/mol. The third kappa shape index (κ3) is 3.14. The van der Waals surface area contributed by atoms with Crippen LogP contribution in [0.3, 0.4) is 0 Å². The van der Waals surface area contributed by atoms with Crippen LogP contribution in [0.4, 0.5) is 5.69 Å². The molecule has 1 fully saturated rings. The van der Waals surface area contributed by atoms with Crippen molar-refractivity contribution in [3.8, 4) is 5.69 Å². The van der Waals surface area contributed by atoms with Crippen molar-refractivity contribution in [1.82, 2.24) is 25.5 Å². The lowest BCUT2D eigenvalue weighted by Gasteiger charge is -2.27. The third-order valence-electron chi connectivity index (χ3n) is 3.97. The summed E-state index contributed by atoms with van der Waals surface area (Å²) >= 11 is 0. The fourth-order valence-corrected chi connectivity index (χ4v) is 2.72. The molecule has 116 valence electrons. The Hall–Kier alpha value is -2.28. The highest BCUT2D eigenvalue weighted by atomic mass is 16.2. The van der Waals surface area contributed by atoms with E-state index in [1.807, 2.05) is 31.2 Å². The van der Waals surface area contributed by atoms with Crippen molar-refractivity contribution < 1.29 is 4.79 Å². The van der Waals surface area contributed by atoms with Crippen LogP contribution in [0, 0.1) is 12.8 Å². The van der Waals surface area contributed by atoms with Crippen LogP contribution in [0.1, 0.15) is 25.6 Å². The lowest BCUT2D eigenvalue weighted by atomic mass is 9.94. The predicted octanol–water partition coefficient (Wildman–Crippen LogP) is 1.30. The summed E-state index contributed by atoms with van der Waals surface area (Å²) in [5, 5.41) is 17.7. The summed E-state index contributed by atoms with van der Waals surface area (Å²) in [6.45, 7) is 4.91. The van der Waals surface area contributed by atoms with Gasteiger partial charge in [-0.15, -0.1) is 5.10 Å². The molecule has 2 N–H and O–H groups in total. The zero-order valence-electron chi connectivity index (χ0n) is 12.8. The molecule has 7 nitrogen and oxygen atoms in total. The molecule has 1 aliphatic heterocycles. The van der Waals surface area contributed by atoms with Gasteiger partial charge >= 0.3 is 0 Å². The second-order valence-electron chi connectivity index (χ2n) is 5.81. The van der Waals surface area contributed by atoms with E-state index < -0.39 is 0 Å². The minimum atomic E-state index is -0.123. The minimum Gasteiger partial charge on any atom is -0.325 e. The highest BCUT2D eigenvalue weighted by molar-refractivity contribution is 5.95. The number of carbonyl (C=O) groups is 1. The number of aryl methyl sites for hydroxylation is 1. The van der Waals surface area contributed by atoms with Gasteiger partial charge in [0.25, 0.3) is 0 Å². The summed E-state index contributed by atoms with van der Waals surface area (Å²) in [7, 11) is 0. The van der Waals surface area contributed by atoms with Gasteiger partial charge < -0.3 is 10.6 Å². The van der Waals surface area contributed by atoms with Gasteiger partial charge in [-0.05, 0) is 60.9 Å². The van der Waals surface area contributed by atoms with Crippen LogP contribution in [-0.4, -0.2) is 38.7 Å². The molecular formula is C15H20N6O. The molecule has 0 radical (unpaired) electrons. The molecule has 22 heavy (non-hydrogen) atoms. The molecule has 0 spiro atoms. The van der Waals surface area contributed by atoms with E-state index in [1.165, 1.54) is 0 Å². The van der Waals surface area contributed by atoms with E-state index in [1.54, 1.807) is 4.68 Å². The number of carbonyl (C=O) groups excluding carboxylic acids is 1. The minimum absolute atomic E-state index is 0.0112. The maximum atomic E-state index is 12.4. The number of aromatic nitrogens is 4. The van der Waals surface area contributed by atoms with Crippen LogP contribution in [0.25, 0.3) is 5.69 Å². The number of tetrazole rings is 1. The Morgan fingerprint density at radius 2 is 2.32 bits per heavy atom. The molecule has 1 saturated heterocycles. The van der Waals surface area contributed by atoms with Gasteiger partial charge in [-0.2, -0.15) is 4.68 Å². The number of piperidine rings is 1. The molecule has 2 aromatic rings. The van der Waals surface area contributed by atoms with Crippen molar-refractivity contribution in [2.75, 3.05) is 11.9 Å². The van der Waals surface area contributed by atoms with Crippen LogP contribution < -0.4 is 10.6 Å². The van der Waals surface area contributed by atoms with Crippen molar-refractivity contribution in [2.45, 2.75) is 32.7 Å².